The first-order valence-electron chi connectivity index (χ1n) is 8.06. The van der Waals surface area contributed by atoms with Gasteiger partial charge < -0.3 is 4.90 Å². The van der Waals surface area contributed by atoms with Gasteiger partial charge in [-0.05, 0) is 13.3 Å². The SMILES string of the molecule is CCCS(=O)(=O)N1CCN(c2cc(-n3ccnc3)nc(C)n2)CC1. The molecule has 3 heterocycles. The fraction of sp³-hybridized carbons (Fsp3) is 0.533. The van der Waals surface area contributed by atoms with Crippen LogP contribution < -0.4 is 4.90 Å². The Morgan fingerprint density at radius 2 is 1.83 bits per heavy atom. The van der Waals surface area contributed by atoms with Crippen molar-refractivity contribution in [1.82, 2.24) is 23.8 Å². The predicted octanol–water partition coefficient (Wildman–Crippen LogP) is 0.833. The van der Waals surface area contributed by atoms with Crippen LogP contribution in [0.3, 0.4) is 0 Å². The second-order valence-corrected chi connectivity index (χ2v) is 7.89. The Labute approximate surface area is 142 Å². The lowest BCUT2D eigenvalue weighted by molar-refractivity contribution is 0.383. The summed E-state index contributed by atoms with van der Waals surface area (Å²) in [7, 11) is -3.13. The van der Waals surface area contributed by atoms with E-state index in [0.29, 0.717) is 38.4 Å². The van der Waals surface area contributed by atoms with Gasteiger partial charge in [0.15, 0.2) is 0 Å². The minimum Gasteiger partial charge on any atom is -0.354 e. The monoisotopic (exact) mass is 350 g/mol. The largest absolute Gasteiger partial charge is 0.354 e. The minimum atomic E-state index is -3.13. The Morgan fingerprint density at radius 1 is 1.12 bits per heavy atom. The first kappa shape index (κ1) is 16.8. The van der Waals surface area contributed by atoms with Gasteiger partial charge in [-0.25, -0.2) is 23.4 Å². The molecule has 0 unspecified atom stereocenters. The van der Waals surface area contributed by atoms with Crippen LogP contribution >= 0.6 is 0 Å². The van der Waals surface area contributed by atoms with Gasteiger partial charge in [0.05, 0.1) is 5.75 Å². The van der Waals surface area contributed by atoms with Crippen LogP contribution in [-0.4, -0.2) is 64.2 Å². The second kappa shape index (κ2) is 6.86. The van der Waals surface area contributed by atoms with Crippen LogP contribution in [0.15, 0.2) is 24.8 Å². The molecule has 1 aliphatic rings. The molecule has 8 nitrogen and oxygen atoms in total. The van der Waals surface area contributed by atoms with Gasteiger partial charge in [0.1, 0.15) is 23.8 Å². The third-order valence-electron chi connectivity index (χ3n) is 4.00. The van der Waals surface area contributed by atoms with E-state index in [0.717, 1.165) is 11.6 Å². The summed E-state index contributed by atoms with van der Waals surface area (Å²) >= 11 is 0. The number of rotatable bonds is 5. The Bertz CT molecular complexity index is 782. The molecule has 1 aliphatic heterocycles. The van der Waals surface area contributed by atoms with Crippen LogP contribution in [0, 0.1) is 6.92 Å². The van der Waals surface area contributed by atoms with Gasteiger partial charge in [-0.2, -0.15) is 4.31 Å². The predicted molar refractivity (Wildman–Crippen MR) is 91.8 cm³/mol. The Morgan fingerprint density at radius 3 is 2.46 bits per heavy atom. The summed E-state index contributed by atoms with van der Waals surface area (Å²) in [6.07, 6.45) is 5.87. The van der Waals surface area contributed by atoms with Gasteiger partial charge in [-0.3, -0.25) is 4.57 Å². The average Bonchev–Trinajstić information content (AvgIpc) is 3.09. The van der Waals surface area contributed by atoms with Gasteiger partial charge in [0, 0.05) is 44.6 Å². The average molecular weight is 350 g/mol. The molecule has 0 aliphatic carbocycles. The molecule has 24 heavy (non-hydrogen) atoms. The normalized spacial score (nSPS) is 16.5. The van der Waals surface area contributed by atoms with E-state index < -0.39 is 10.0 Å². The van der Waals surface area contributed by atoms with Crippen molar-refractivity contribution in [2.75, 3.05) is 36.8 Å². The molecular weight excluding hydrogens is 328 g/mol. The highest BCUT2D eigenvalue weighted by atomic mass is 32.2. The number of imidazole rings is 1. The highest BCUT2D eigenvalue weighted by Gasteiger charge is 2.27. The molecule has 0 spiro atoms. The van der Waals surface area contributed by atoms with Crippen LogP contribution in [0.4, 0.5) is 5.82 Å². The van der Waals surface area contributed by atoms with Crippen molar-refractivity contribution in [3.63, 3.8) is 0 Å². The first-order valence-corrected chi connectivity index (χ1v) is 9.67. The zero-order valence-corrected chi connectivity index (χ0v) is 14.8. The van der Waals surface area contributed by atoms with Crippen molar-refractivity contribution in [2.45, 2.75) is 20.3 Å². The number of aryl methyl sites for hydroxylation is 1. The van der Waals surface area contributed by atoms with E-state index in [9.17, 15) is 8.42 Å². The fourth-order valence-corrected chi connectivity index (χ4v) is 4.30. The lowest BCUT2D eigenvalue weighted by atomic mass is 10.3. The smallest absolute Gasteiger partial charge is 0.214 e. The van der Waals surface area contributed by atoms with Crippen LogP contribution in [0.25, 0.3) is 5.82 Å². The van der Waals surface area contributed by atoms with Gasteiger partial charge in [0.25, 0.3) is 0 Å². The van der Waals surface area contributed by atoms with Crippen LogP contribution in [-0.2, 0) is 10.0 Å². The summed E-state index contributed by atoms with van der Waals surface area (Å²) in [6, 6.07) is 1.91. The van der Waals surface area contributed by atoms with E-state index >= 15 is 0 Å². The molecule has 2 aromatic heterocycles. The number of anilines is 1. The lowest BCUT2D eigenvalue weighted by Crippen LogP contribution is -2.49. The van der Waals surface area contributed by atoms with Gasteiger partial charge in [-0.15, -0.1) is 0 Å². The van der Waals surface area contributed by atoms with E-state index in [2.05, 4.69) is 19.9 Å². The lowest BCUT2D eigenvalue weighted by Gasteiger charge is -2.34. The Kier molecular flexibility index (Phi) is 4.81. The van der Waals surface area contributed by atoms with E-state index in [-0.39, 0.29) is 5.75 Å². The van der Waals surface area contributed by atoms with Gasteiger partial charge in [0.2, 0.25) is 10.0 Å². The first-order chi connectivity index (χ1) is 11.5. The molecule has 0 saturated carbocycles. The van der Waals surface area contributed by atoms with Crippen molar-refractivity contribution >= 4 is 15.8 Å². The van der Waals surface area contributed by atoms with Crippen LogP contribution in [0.2, 0.25) is 0 Å². The maximum Gasteiger partial charge on any atom is 0.214 e. The summed E-state index contributed by atoms with van der Waals surface area (Å²) in [5.74, 6) is 2.47. The van der Waals surface area contributed by atoms with Crippen molar-refractivity contribution in [1.29, 1.82) is 0 Å². The standard InChI is InChI=1S/C15H22N6O2S/c1-3-10-24(22,23)21-8-6-19(7-9-21)14-11-15(18-13(2)17-14)20-5-4-16-12-20/h4-5,11-12H,3,6-10H2,1-2H3. The number of nitrogens with zero attached hydrogens (tertiary/aromatic N) is 6. The summed E-state index contributed by atoms with van der Waals surface area (Å²) in [5, 5.41) is 0. The summed E-state index contributed by atoms with van der Waals surface area (Å²) in [4.78, 5) is 15.1. The molecular formula is C15H22N6O2S. The molecule has 2 aromatic rings. The van der Waals surface area contributed by atoms with E-state index in [4.69, 9.17) is 0 Å². The number of hydrogen-bond acceptors (Lipinski definition) is 6. The Balaban J connectivity index is 1.75. The molecule has 3 rings (SSSR count). The van der Waals surface area contributed by atoms with Crippen molar-refractivity contribution < 1.29 is 8.42 Å². The topological polar surface area (TPSA) is 84.2 Å². The molecule has 0 amide bonds. The van der Waals surface area contributed by atoms with E-state index in [1.807, 2.05) is 30.7 Å². The quantitative estimate of drug-likeness (QED) is 0.794. The summed E-state index contributed by atoms with van der Waals surface area (Å²) < 4.78 is 27.7. The molecule has 1 saturated heterocycles. The Hall–Kier alpha value is -2.00. The zero-order chi connectivity index (χ0) is 17.2. The molecule has 0 bridgehead atoms. The number of piperazine rings is 1. The van der Waals surface area contributed by atoms with E-state index in [1.165, 1.54) is 0 Å². The summed E-state index contributed by atoms with van der Waals surface area (Å²) in [6.45, 7) is 5.98. The molecule has 0 aromatic carbocycles. The van der Waals surface area contributed by atoms with Gasteiger partial charge in [-0.1, -0.05) is 6.92 Å². The fourth-order valence-electron chi connectivity index (χ4n) is 2.81. The highest BCUT2D eigenvalue weighted by molar-refractivity contribution is 7.89. The molecule has 0 radical (unpaired) electrons. The molecule has 1 fully saturated rings. The van der Waals surface area contributed by atoms with Crippen molar-refractivity contribution in [2.24, 2.45) is 0 Å². The molecule has 0 atom stereocenters. The second-order valence-electron chi connectivity index (χ2n) is 5.80. The molecule has 9 heteroatoms. The highest BCUT2D eigenvalue weighted by Crippen LogP contribution is 2.18. The third-order valence-corrected chi connectivity index (χ3v) is 6.07. The van der Waals surface area contributed by atoms with Crippen LogP contribution in [0.1, 0.15) is 19.2 Å². The summed E-state index contributed by atoms with van der Waals surface area (Å²) in [5.41, 5.74) is 0. The van der Waals surface area contributed by atoms with Crippen molar-refractivity contribution in [3.05, 3.63) is 30.6 Å². The van der Waals surface area contributed by atoms with Gasteiger partial charge >= 0.3 is 0 Å². The number of sulfonamides is 1. The molecule has 130 valence electrons. The maximum atomic E-state index is 12.2. The molecule has 0 N–H and O–H groups in total. The zero-order valence-electron chi connectivity index (χ0n) is 14.0. The number of aromatic nitrogens is 4. The third kappa shape index (κ3) is 3.57. The van der Waals surface area contributed by atoms with Crippen LogP contribution in [0.5, 0.6) is 0 Å². The van der Waals surface area contributed by atoms with Crippen molar-refractivity contribution in [3.8, 4) is 5.82 Å². The number of hydrogen-bond donors (Lipinski definition) is 0. The minimum absolute atomic E-state index is 0.213. The maximum absolute atomic E-state index is 12.2. The van der Waals surface area contributed by atoms with E-state index in [1.54, 1.807) is 16.8 Å².